The van der Waals surface area contributed by atoms with E-state index in [1.54, 1.807) is 54.4 Å². The first-order valence-corrected chi connectivity index (χ1v) is 7.50. The van der Waals surface area contributed by atoms with Gasteiger partial charge in [-0.2, -0.15) is 0 Å². The fourth-order valence-corrected chi connectivity index (χ4v) is 2.16. The van der Waals surface area contributed by atoms with Crippen LogP contribution in [0.2, 0.25) is 5.02 Å². The molecule has 0 unspecified atom stereocenters. The van der Waals surface area contributed by atoms with E-state index < -0.39 is 6.67 Å². The molecule has 1 aromatic carbocycles. The number of pyridine rings is 1. The van der Waals surface area contributed by atoms with Gasteiger partial charge in [0.15, 0.2) is 0 Å². The van der Waals surface area contributed by atoms with Gasteiger partial charge in [0.2, 0.25) is 0 Å². The van der Waals surface area contributed by atoms with E-state index in [9.17, 15) is 9.18 Å². The molecule has 0 saturated heterocycles. The SMILES string of the molecule is CN(CCC#Cc1cccc(CF)n1)C(=O)c1ccccc1Cl. The normalized spacial score (nSPS) is 9.87. The van der Waals surface area contributed by atoms with Gasteiger partial charge in [-0.05, 0) is 30.2 Å². The molecule has 0 fully saturated rings. The quantitative estimate of drug-likeness (QED) is 0.800. The van der Waals surface area contributed by atoms with E-state index in [-0.39, 0.29) is 5.91 Å². The number of rotatable bonds is 4. The second kappa shape index (κ2) is 8.30. The van der Waals surface area contributed by atoms with Crippen molar-refractivity contribution >= 4 is 17.5 Å². The summed E-state index contributed by atoms with van der Waals surface area (Å²) >= 11 is 6.02. The number of halogens is 2. The Morgan fingerprint density at radius 2 is 2.04 bits per heavy atom. The van der Waals surface area contributed by atoms with Crippen LogP contribution >= 0.6 is 11.6 Å². The van der Waals surface area contributed by atoms with E-state index in [1.165, 1.54) is 0 Å². The Balaban J connectivity index is 1.92. The Hall–Kier alpha value is -2.38. The number of nitrogens with zero attached hydrogens (tertiary/aromatic N) is 2. The third-order valence-corrected chi connectivity index (χ3v) is 3.51. The van der Waals surface area contributed by atoms with Crippen LogP contribution in [0.4, 0.5) is 4.39 Å². The van der Waals surface area contributed by atoms with E-state index >= 15 is 0 Å². The monoisotopic (exact) mass is 330 g/mol. The number of carbonyl (C=O) groups excluding carboxylic acids is 1. The van der Waals surface area contributed by atoms with E-state index in [0.717, 1.165) is 0 Å². The maximum Gasteiger partial charge on any atom is 0.255 e. The summed E-state index contributed by atoms with van der Waals surface area (Å²) in [6.07, 6.45) is 0.494. The van der Waals surface area contributed by atoms with Crippen LogP contribution in [0.5, 0.6) is 0 Å². The van der Waals surface area contributed by atoms with Crippen molar-refractivity contribution in [1.82, 2.24) is 9.88 Å². The molecule has 1 amide bonds. The minimum Gasteiger partial charge on any atom is -0.341 e. The number of aromatic nitrogens is 1. The van der Waals surface area contributed by atoms with Crippen LogP contribution in [-0.4, -0.2) is 29.4 Å². The number of hydrogen-bond donors (Lipinski definition) is 0. The lowest BCUT2D eigenvalue weighted by Gasteiger charge is -2.16. The van der Waals surface area contributed by atoms with Crippen molar-refractivity contribution in [2.45, 2.75) is 13.1 Å². The van der Waals surface area contributed by atoms with Gasteiger partial charge < -0.3 is 4.90 Å². The first-order chi connectivity index (χ1) is 11.1. The molecule has 0 N–H and O–H groups in total. The molecule has 2 rings (SSSR count). The average Bonchev–Trinajstić information content (AvgIpc) is 2.58. The molecule has 2 aromatic rings. The van der Waals surface area contributed by atoms with Crippen molar-refractivity contribution in [1.29, 1.82) is 0 Å². The Bertz CT molecular complexity index is 752. The Morgan fingerprint density at radius 1 is 1.26 bits per heavy atom. The largest absolute Gasteiger partial charge is 0.341 e. The molecule has 0 radical (unpaired) electrons. The number of alkyl halides is 1. The highest BCUT2D eigenvalue weighted by atomic mass is 35.5. The highest BCUT2D eigenvalue weighted by Gasteiger charge is 2.13. The predicted molar refractivity (Wildman–Crippen MR) is 89.0 cm³/mol. The van der Waals surface area contributed by atoms with Gasteiger partial charge in [-0.1, -0.05) is 35.7 Å². The Labute approximate surface area is 140 Å². The molecule has 23 heavy (non-hydrogen) atoms. The van der Waals surface area contributed by atoms with Gasteiger partial charge in [0, 0.05) is 20.0 Å². The minimum absolute atomic E-state index is 0.144. The van der Waals surface area contributed by atoms with Gasteiger partial charge in [-0.25, -0.2) is 9.37 Å². The molecule has 0 aliphatic rings. The summed E-state index contributed by atoms with van der Waals surface area (Å²) in [5, 5.41) is 0.433. The third-order valence-electron chi connectivity index (χ3n) is 3.18. The summed E-state index contributed by atoms with van der Waals surface area (Å²) in [5.41, 5.74) is 1.37. The molecule has 0 atom stereocenters. The molecular weight excluding hydrogens is 315 g/mol. The number of hydrogen-bond acceptors (Lipinski definition) is 2. The van der Waals surface area contributed by atoms with Crippen LogP contribution in [0.1, 0.15) is 28.2 Å². The molecule has 118 valence electrons. The average molecular weight is 331 g/mol. The zero-order valence-electron chi connectivity index (χ0n) is 12.7. The molecule has 0 spiro atoms. The van der Waals surface area contributed by atoms with Crippen LogP contribution < -0.4 is 0 Å². The molecule has 1 heterocycles. The lowest BCUT2D eigenvalue weighted by atomic mass is 10.2. The third kappa shape index (κ3) is 4.80. The van der Waals surface area contributed by atoms with Crippen LogP contribution in [0.3, 0.4) is 0 Å². The fourth-order valence-electron chi connectivity index (χ4n) is 1.94. The molecule has 0 saturated carbocycles. The smallest absolute Gasteiger partial charge is 0.255 e. The highest BCUT2D eigenvalue weighted by molar-refractivity contribution is 6.33. The molecule has 0 bridgehead atoms. The Kier molecular flexibility index (Phi) is 6.13. The first-order valence-electron chi connectivity index (χ1n) is 7.12. The minimum atomic E-state index is -0.607. The van der Waals surface area contributed by atoms with Crippen molar-refractivity contribution in [3.63, 3.8) is 0 Å². The topological polar surface area (TPSA) is 33.2 Å². The van der Waals surface area contributed by atoms with Gasteiger partial charge in [0.25, 0.3) is 5.91 Å². The van der Waals surface area contributed by atoms with E-state index in [1.807, 2.05) is 0 Å². The zero-order valence-corrected chi connectivity index (χ0v) is 13.5. The van der Waals surface area contributed by atoms with Crippen molar-refractivity contribution in [3.8, 4) is 11.8 Å². The standard InChI is InChI=1S/C18H16ClFN2O/c1-22(18(23)16-10-2-3-11-17(16)19)12-5-4-7-14-8-6-9-15(13-20)21-14/h2-3,6,8-11H,5,12-13H2,1H3. The molecule has 1 aromatic heterocycles. The Morgan fingerprint density at radius 3 is 2.78 bits per heavy atom. The fraction of sp³-hybridized carbons (Fsp3) is 0.222. The van der Waals surface area contributed by atoms with E-state index in [2.05, 4.69) is 16.8 Å². The van der Waals surface area contributed by atoms with Gasteiger partial charge in [0.1, 0.15) is 12.4 Å². The molecular formula is C18H16ClFN2O. The van der Waals surface area contributed by atoms with Crippen molar-refractivity contribution in [2.24, 2.45) is 0 Å². The maximum atomic E-state index is 12.5. The second-order valence-electron chi connectivity index (χ2n) is 4.91. The van der Waals surface area contributed by atoms with Crippen LogP contribution in [0.15, 0.2) is 42.5 Å². The van der Waals surface area contributed by atoms with E-state index in [0.29, 0.717) is 34.9 Å². The van der Waals surface area contributed by atoms with Crippen molar-refractivity contribution < 1.29 is 9.18 Å². The van der Waals surface area contributed by atoms with Crippen LogP contribution in [-0.2, 0) is 6.67 Å². The molecule has 0 aliphatic carbocycles. The predicted octanol–water partition coefficient (Wildman–Crippen LogP) is 3.72. The first kappa shape index (κ1) is 17.0. The lowest BCUT2D eigenvalue weighted by Crippen LogP contribution is -2.27. The summed E-state index contributed by atoms with van der Waals surface area (Å²) in [4.78, 5) is 17.9. The second-order valence-corrected chi connectivity index (χ2v) is 5.31. The maximum absolute atomic E-state index is 12.5. The van der Waals surface area contributed by atoms with Gasteiger partial charge in [-0.15, -0.1) is 0 Å². The number of benzene rings is 1. The highest BCUT2D eigenvalue weighted by Crippen LogP contribution is 2.16. The van der Waals surface area contributed by atoms with Crippen LogP contribution in [0, 0.1) is 11.8 Å². The van der Waals surface area contributed by atoms with Gasteiger partial charge >= 0.3 is 0 Å². The lowest BCUT2D eigenvalue weighted by molar-refractivity contribution is 0.0798. The summed E-state index contributed by atoms with van der Waals surface area (Å²) < 4.78 is 12.5. The molecule has 0 aliphatic heterocycles. The number of carbonyl (C=O) groups is 1. The summed E-state index contributed by atoms with van der Waals surface area (Å²) in [6.45, 7) is -0.134. The van der Waals surface area contributed by atoms with Crippen LogP contribution in [0.25, 0.3) is 0 Å². The summed E-state index contributed by atoms with van der Waals surface area (Å²) in [6, 6.07) is 12.0. The van der Waals surface area contributed by atoms with E-state index in [4.69, 9.17) is 11.6 Å². The zero-order chi connectivity index (χ0) is 16.7. The van der Waals surface area contributed by atoms with Gasteiger partial charge in [0.05, 0.1) is 16.3 Å². The summed E-state index contributed by atoms with van der Waals surface area (Å²) in [5.74, 6) is 5.67. The molecule has 3 nitrogen and oxygen atoms in total. The van der Waals surface area contributed by atoms with Crippen molar-refractivity contribution in [3.05, 3.63) is 64.4 Å². The van der Waals surface area contributed by atoms with Crippen molar-refractivity contribution in [2.75, 3.05) is 13.6 Å². The number of amides is 1. The molecule has 5 heteroatoms. The summed E-state index contributed by atoms with van der Waals surface area (Å²) in [7, 11) is 1.70. The van der Waals surface area contributed by atoms with Gasteiger partial charge in [-0.3, -0.25) is 4.79 Å².